The van der Waals surface area contributed by atoms with Gasteiger partial charge >= 0.3 is 0 Å². The fraction of sp³-hybridized carbons (Fsp3) is 0.182. The van der Waals surface area contributed by atoms with E-state index in [0.717, 1.165) is 11.3 Å². The van der Waals surface area contributed by atoms with Crippen LogP contribution in [0.15, 0.2) is 54.1 Å². The maximum absolute atomic E-state index is 12.8. The van der Waals surface area contributed by atoms with Gasteiger partial charge < -0.3 is 10.1 Å². The van der Waals surface area contributed by atoms with Crippen LogP contribution in [-0.2, 0) is 9.53 Å². The molecule has 0 aromatic heterocycles. The molecule has 4 nitrogen and oxygen atoms in total. The quantitative estimate of drug-likeness (QED) is 0.670. The summed E-state index contributed by atoms with van der Waals surface area (Å²) in [5, 5.41) is 3.34. The Balaban J connectivity index is 1.82. The summed E-state index contributed by atoms with van der Waals surface area (Å²) in [6.45, 7) is 3.79. The molecule has 2 aromatic rings. The first-order valence-corrected chi connectivity index (χ1v) is 8.37. The molecular formula is C22H17NO3. The van der Waals surface area contributed by atoms with E-state index >= 15 is 0 Å². The molecule has 1 atom stereocenters. The van der Waals surface area contributed by atoms with Crippen molar-refractivity contribution >= 4 is 23.0 Å². The van der Waals surface area contributed by atoms with Gasteiger partial charge in [0.25, 0.3) is 0 Å². The van der Waals surface area contributed by atoms with Crippen molar-refractivity contribution in [2.75, 3.05) is 5.32 Å². The number of nitrogens with one attached hydrogen (secondary N) is 1. The number of Topliss-reactive ketones (excluding diaryl/α,β-unsaturated/α-hetero) is 2. The van der Waals surface area contributed by atoms with Gasteiger partial charge in [0, 0.05) is 22.4 Å². The molecule has 4 heteroatoms. The van der Waals surface area contributed by atoms with Crippen molar-refractivity contribution in [1.29, 1.82) is 0 Å². The Morgan fingerprint density at radius 2 is 1.77 bits per heavy atom. The molecule has 0 radical (unpaired) electrons. The second-order valence-electron chi connectivity index (χ2n) is 6.95. The predicted molar refractivity (Wildman–Crippen MR) is 99.7 cm³/mol. The summed E-state index contributed by atoms with van der Waals surface area (Å²) in [7, 11) is 0. The lowest BCUT2D eigenvalue weighted by molar-refractivity contribution is -0.112. The molecule has 2 aliphatic rings. The highest BCUT2D eigenvalue weighted by Crippen LogP contribution is 2.44. The second-order valence-corrected chi connectivity index (χ2v) is 6.95. The lowest BCUT2D eigenvalue weighted by atomic mass is 9.83. The molecule has 0 fully saturated rings. The maximum atomic E-state index is 12.8. The Bertz CT molecular complexity index is 1020. The number of carbonyl (C=O) groups excluding carboxylic acids is 2. The molecule has 0 amide bonds. The SMILES string of the molecule is C#Cc1cccc(NC2C3=C(OC2(C)C)c2ccccc2C(=O)C3=O)c1. The van der Waals surface area contributed by atoms with Gasteiger partial charge in [0.05, 0.1) is 11.6 Å². The predicted octanol–water partition coefficient (Wildman–Crippen LogP) is 3.43. The summed E-state index contributed by atoms with van der Waals surface area (Å²) in [5.74, 6) is 2.07. The number of hydrogen-bond donors (Lipinski definition) is 1. The molecule has 4 rings (SSSR count). The second kappa shape index (κ2) is 5.60. The summed E-state index contributed by atoms with van der Waals surface area (Å²) < 4.78 is 6.14. The lowest BCUT2D eigenvalue weighted by Gasteiger charge is -2.29. The average Bonchev–Trinajstić information content (AvgIpc) is 2.91. The van der Waals surface area contributed by atoms with E-state index in [1.54, 1.807) is 12.1 Å². The smallest absolute Gasteiger partial charge is 0.235 e. The van der Waals surface area contributed by atoms with E-state index in [-0.39, 0.29) is 0 Å². The number of anilines is 1. The molecular weight excluding hydrogens is 326 g/mol. The van der Waals surface area contributed by atoms with Gasteiger partial charge in [-0.1, -0.05) is 36.3 Å². The lowest BCUT2D eigenvalue weighted by Crippen LogP contribution is -2.43. The van der Waals surface area contributed by atoms with Gasteiger partial charge in [0.15, 0.2) is 0 Å². The summed E-state index contributed by atoms with van der Waals surface area (Å²) in [5.41, 5.74) is 2.24. The summed E-state index contributed by atoms with van der Waals surface area (Å²) in [6, 6.07) is 14.0. The van der Waals surface area contributed by atoms with E-state index in [2.05, 4.69) is 11.2 Å². The summed E-state index contributed by atoms with van der Waals surface area (Å²) in [6.07, 6.45) is 5.47. The zero-order valence-electron chi connectivity index (χ0n) is 14.5. The minimum absolute atomic E-state index is 0.379. The number of carbonyl (C=O) groups is 2. The van der Waals surface area contributed by atoms with Crippen molar-refractivity contribution in [2.45, 2.75) is 25.5 Å². The number of hydrogen-bond acceptors (Lipinski definition) is 4. The Labute approximate surface area is 151 Å². The Kier molecular flexibility index (Phi) is 3.48. The highest BCUT2D eigenvalue weighted by atomic mass is 16.5. The van der Waals surface area contributed by atoms with E-state index in [4.69, 9.17) is 11.2 Å². The van der Waals surface area contributed by atoms with Crippen LogP contribution in [0.5, 0.6) is 0 Å². The monoisotopic (exact) mass is 343 g/mol. The van der Waals surface area contributed by atoms with Crippen molar-refractivity contribution in [2.24, 2.45) is 0 Å². The van der Waals surface area contributed by atoms with Gasteiger partial charge in [-0.3, -0.25) is 9.59 Å². The molecule has 1 N–H and O–H groups in total. The molecule has 1 aliphatic heterocycles. The number of benzene rings is 2. The van der Waals surface area contributed by atoms with Crippen LogP contribution in [0.2, 0.25) is 0 Å². The van der Waals surface area contributed by atoms with Crippen molar-refractivity contribution in [3.05, 3.63) is 70.8 Å². The minimum atomic E-state index is -0.704. The van der Waals surface area contributed by atoms with Crippen LogP contribution >= 0.6 is 0 Å². The van der Waals surface area contributed by atoms with Gasteiger partial charge in [-0.2, -0.15) is 0 Å². The van der Waals surface area contributed by atoms with Gasteiger partial charge in [0.2, 0.25) is 11.6 Å². The maximum Gasteiger partial charge on any atom is 0.235 e. The molecule has 0 spiro atoms. The molecule has 1 heterocycles. The van der Waals surface area contributed by atoms with Crippen LogP contribution in [0.4, 0.5) is 5.69 Å². The first kappa shape index (κ1) is 16.2. The number of terminal acetylenes is 1. The molecule has 0 saturated carbocycles. The van der Waals surface area contributed by atoms with Gasteiger partial charge in [-0.25, -0.2) is 0 Å². The normalized spacial score (nSPS) is 20.1. The van der Waals surface area contributed by atoms with Gasteiger partial charge in [-0.15, -0.1) is 6.42 Å². The number of ether oxygens (including phenoxy) is 1. The van der Waals surface area contributed by atoms with Gasteiger partial charge in [-0.05, 0) is 32.0 Å². The Morgan fingerprint density at radius 1 is 1.04 bits per heavy atom. The highest BCUT2D eigenvalue weighted by molar-refractivity contribution is 6.52. The number of fused-ring (bicyclic) bond motifs is 2. The largest absolute Gasteiger partial charge is 0.484 e. The fourth-order valence-corrected chi connectivity index (χ4v) is 3.53. The van der Waals surface area contributed by atoms with E-state index in [1.165, 1.54) is 0 Å². The molecule has 0 bridgehead atoms. The Hall–Kier alpha value is -3.32. The number of rotatable bonds is 2. The first-order chi connectivity index (χ1) is 12.4. The minimum Gasteiger partial charge on any atom is -0.484 e. The molecule has 128 valence electrons. The van der Waals surface area contributed by atoms with Crippen LogP contribution in [0.1, 0.15) is 35.3 Å². The third kappa shape index (κ3) is 2.33. The Morgan fingerprint density at radius 3 is 2.50 bits per heavy atom. The molecule has 1 aliphatic carbocycles. The molecule has 1 unspecified atom stereocenters. The highest BCUT2D eigenvalue weighted by Gasteiger charge is 2.50. The summed E-state index contributed by atoms with van der Waals surface area (Å²) in [4.78, 5) is 25.4. The van der Waals surface area contributed by atoms with Crippen LogP contribution in [0.3, 0.4) is 0 Å². The molecule has 0 saturated heterocycles. The number of ketones is 2. The topological polar surface area (TPSA) is 55.4 Å². The zero-order valence-corrected chi connectivity index (χ0v) is 14.5. The average molecular weight is 343 g/mol. The summed E-state index contributed by atoms with van der Waals surface area (Å²) >= 11 is 0. The third-order valence-electron chi connectivity index (χ3n) is 4.80. The van der Waals surface area contributed by atoms with Crippen molar-refractivity contribution < 1.29 is 14.3 Å². The van der Waals surface area contributed by atoms with E-state index in [0.29, 0.717) is 22.5 Å². The van der Waals surface area contributed by atoms with Crippen LogP contribution in [-0.4, -0.2) is 23.2 Å². The van der Waals surface area contributed by atoms with Crippen LogP contribution in [0, 0.1) is 12.3 Å². The standard InChI is InChI=1S/C22H17NO3/c1-4-13-8-7-9-14(12-13)23-21-17-19(25)18(24)15-10-5-6-11-16(15)20(17)26-22(21,2)3/h1,5-12,21,23H,2-3H3. The van der Waals surface area contributed by atoms with E-state index in [1.807, 2.05) is 50.2 Å². The molecule has 2 aromatic carbocycles. The zero-order chi connectivity index (χ0) is 18.5. The first-order valence-electron chi connectivity index (χ1n) is 8.37. The van der Waals surface area contributed by atoms with E-state index < -0.39 is 23.2 Å². The van der Waals surface area contributed by atoms with Crippen LogP contribution < -0.4 is 5.32 Å². The molecule has 26 heavy (non-hydrogen) atoms. The van der Waals surface area contributed by atoms with Crippen molar-refractivity contribution in [1.82, 2.24) is 0 Å². The van der Waals surface area contributed by atoms with Crippen molar-refractivity contribution in [3.63, 3.8) is 0 Å². The van der Waals surface area contributed by atoms with Gasteiger partial charge in [0.1, 0.15) is 11.4 Å². The van der Waals surface area contributed by atoms with Crippen LogP contribution in [0.25, 0.3) is 5.76 Å². The third-order valence-corrected chi connectivity index (χ3v) is 4.80. The fourth-order valence-electron chi connectivity index (χ4n) is 3.53. The van der Waals surface area contributed by atoms with Crippen molar-refractivity contribution in [3.8, 4) is 12.3 Å². The van der Waals surface area contributed by atoms with E-state index in [9.17, 15) is 9.59 Å².